The highest BCUT2D eigenvalue weighted by Gasteiger charge is 2.26. The van der Waals surface area contributed by atoms with E-state index in [-0.39, 0.29) is 0 Å². The molecule has 104 valence electrons. The number of hydrogen-bond donors (Lipinski definition) is 1. The highest BCUT2D eigenvalue weighted by atomic mass is 16.2. The average Bonchev–Trinajstić information content (AvgIpc) is 2.42. The molecule has 3 nitrogen and oxygen atoms in total. The van der Waals surface area contributed by atoms with E-state index in [1.165, 1.54) is 44.9 Å². The van der Waals surface area contributed by atoms with Crippen LogP contribution in [0, 0.1) is 5.92 Å². The van der Waals surface area contributed by atoms with Crippen molar-refractivity contribution in [1.82, 2.24) is 10.2 Å². The highest BCUT2D eigenvalue weighted by molar-refractivity contribution is 5.76. The van der Waals surface area contributed by atoms with E-state index in [2.05, 4.69) is 17.1 Å². The first-order valence-corrected chi connectivity index (χ1v) is 7.81. The first kappa shape index (κ1) is 13.9. The quantitative estimate of drug-likeness (QED) is 0.834. The minimum absolute atomic E-state index is 0.413. The summed E-state index contributed by atoms with van der Waals surface area (Å²) >= 11 is 0. The molecule has 0 atom stereocenters. The van der Waals surface area contributed by atoms with E-state index < -0.39 is 0 Å². The lowest BCUT2D eigenvalue weighted by Gasteiger charge is -2.35. The summed E-state index contributed by atoms with van der Waals surface area (Å²) in [5.74, 6) is 1.03. The van der Waals surface area contributed by atoms with Gasteiger partial charge in [0, 0.05) is 19.0 Å². The second kappa shape index (κ2) is 7.13. The van der Waals surface area contributed by atoms with Crippen LogP contribution in [0.2, 0.25) is 0 Å². The smallest absolute Gasteiger partial charge is 0.223 e. The average molecular weight is 252 g/mol. The molecular weight excluding hydrogens is 224 g/mol. The van der Waals surface area contributed by atoms with Gasteiger partial charge in [0.2, 0.25) is 5.91 Å². The maximum atomic E-state index is 12.4. The fourth-order valence-electron chi connectivity index (χ4n) is 3.48. The highest BCUT2D eigenvalue weighted by Crippen LogP contribution is 2.25. The van der Waals surface area contributed by atoms with Crippen molar-refractivity contribution in [3.05, 3.63) is 0 Å². The maximum absolute atomic E-state index is 12.4. The number of rotatable bonds is 4. The molecule has 0 spiro atoms. The Morgan fingerprint density at radius 3 is 2.39 bits per heavy atom. The first-order chi connectivity index (χ1) is 8.81. The minimum Gasteiger partial charge on any atom is -0.340 e. The van der Waals surface area contributed by atoms with Crippen LogP contribution < -0.4 is 5.32 Å². The van der Waals surface area contributed by atoms with Crippen molar-refractivity contribution in [1.29, 1.82) is 0 Å². The third-order valence-electron chi connectivity index (χ3n) is 4.60. The Morgan fingerprint density at radius 2 is 1.78 bits per heavy atom. The Hall–Kier alpha value is -0.570. The minimum atomic E-state index is 0.413. The number of carbonyl (C=O) groups excluding carboxylic acids is 1. The Kier molecular flexibility index (Phi) is 5.48. The molecule has 1 aliphatic heterocycles. The van der Waals surface area contributed by atoms with Gasteiger partial charge in [0.1, 0.15) is 0 Å². The fraction of sp³-hybridized carbons (Fsp3) is 0.933. The lowest BCUT2D eigenvalue weighted by molar-refractivity contribution is -0.135. The number of nitrogens with zero attached hydrogens (tertiary/aromatic N) is 1. The molecule has 0 unspecified atom stereocenters. The molecule has 1 saturated heterocycles. The maximum Gasteiger partial charge on any atom is 0.223 e. The van der Waals surface area contributed by atoms with E-state index in [0.29, 0.717) is 17.9 Å². The number of amides is 1. The molecule has 0 bridgehead atoms. The summed E-state index contributed by atoms with van der Waals surface area (Å²) in [6, 6.07) is 0.540. The second-order valence-electron chi connectivity index (χ2n) is 5.87. The Morgan fingerprint density at radius 1 is 1.11 bits per heavy atom. The van der Waals surface area contributed by atoms with Gasteiger partial charge in [-0.1, -0.05) is 19.3 Å². The van der Waals surface area contributed by atoms with Gasteiger partial charge in [-0.15, -0.1) is 0 Å². The molecule has 2 aliphatic rings. The van der Waals surface area contributed by atoms with Crippen molar-refractivity contribution in [3.8, 4) is 0 Å². The van der Waals surface area contributed by atoms with E-state index >= 15 is 0 Å². The third-order valence-corrected chi connectivity index (χ3v) is 4.60. The van der Waals surface area contributed by atoms with Crippen LogP contribution in [0.3, 0.4) is 0 Å². The van der Waals surface area contributed by atoms with Crippen LogP contribution in [-0.4, -0.2) is 36.5 Å². The Bertz CT molecular complexity index is 255. The molecule has 1 N–H and O–H groups in total. The summed E-state index contributed by atoms with van der Waals surface area (Å²) in [5, 5.41) is 3.37. The summed E-state index contributed by atoms with van der Waals surface area (Å²) in [5.41, 5.74) is 0. The zero-order chi connectivity index (χ0) is 12.8. The monoisotopic (exact) mass is 252 g/mol. The summed E-state index contributed by atoms with van der Waals surface area (Å²) in [6.45, 7) is 5.21. The van der Waals surface area contributed by atoms with Crippen LogP contribution in [0.5, 0.6) is 0 Å². The zero-order valence-electron chi connectivity index (χ0n) is 11.8. The summed E-state index contributed by atoms with van der Waals surface area (Å²) < 4.78 is 0. The van der Waals surface area contributed by atoms with Gasteiger partial charge in [0.05, 0.1) is 0 Å². The van der Waals surface area contributed by atoms with Crippen molar-refractivity contribution in [2.45, 2.75) is 64.3 Å². The van der Waals surface area contributed by atoms with E-state index in [4.69, 9.17) is 0 Å². The third kappa shape index (κ3) is 3.71. The second-order valence-corrected chi connectivity index (χ2v) is 5.87. The molecule has 3 heteroatoms. The van der Waals surface area contributed by atoms with Gasteiger partial charge in [0.15, 0.2) is 0 Å². The first-order valence-electron chi connectivity index (χ1n) is 7.81. The van der Waals surface area contributed by atoms with Crippen molar-refractivity contribution in [3.63, 3.8) is 0 Å². The number of nitrogens with one attached hydrogen (secondary N) is 1. The van der Waals surface area contributed by atoms with E-state index in [1.54, 1.807) is 0 Å². The molecule has 0 radical (unpaired) electrons. The van der Waals surface area contributed by atoms with Crippen molar-refractivity contribution >= 4 is 5.91 Å². The van der Waals surface area contributed by atoms with E-state index in [9.17, 15) is 4.79 Å². The molecule has 2 rings (SSSR count). The molecule has 1 aliphatic carbocycles. The normalized spacial score (nSPS) is 22.9. The van der Waals surface area contributed by atoms with E-state index in [1.807, 2.05) is 0 Å². The van der Waals surface area contributed by atoms with Crippen LogP contribution in [-0.2, 0) is 4.79 Å². The van der Waals surface area contributed by atoms with Gasteiger partial charge >= 0.3 is 0 Å². The summed E-state index contributed by atoms with van der Waals surface area (Å²) in [6.07, 6.45) is 9.56. The predicted molar refractivity (Wildman–Crippen MR) is 74.5 cm³/mol. The molecule has 0 aromatic rings. The molecule has 2 fully saturated rings. The molecular formula is C15H28N2O. The largest absolute Gasteiger partial charge is 0.340 e. The van der Waals surface area contributed by atoms with Crippen LogP contribution in [0.25, 0.3) is 0 Å². The molecule has 0 aromatic carbocycles. The predicted octanol–water partition coefficient (Wildman–Crippen LogP) is 2.56. The Balaban J connectivity index is 1.83. The van der Waals surface area contributed by atoms with Crippen LogP contribution >= 0.6 is 0 Å². The molecule has 1 saturated carbocycles. The number of piperidine rings is 1. The van der Waals surface area contributed by atoms with Crippen LogP contribution in [0.4, 0.5) is 0 Å². The van der Waals surface area contributed by atoms with E-state index in [0.717, 1.165) is 26.1 Å². The van der Waals surface area contributed by atoms with Gasteiger partial charge in [-0.2, -0.15) is 0 Å². The molecule has 1 heterocycles. The summed E-state index contributed by atoms with van der Waals surface area (Å²) in [7, 11) is 0. The van der Waals surface area contributed by atoms with Gasteiger partial charge in [-0.05, 0) is 51.6 Å². The topological polar surface area (TPSA) is 32.3 Å². The van der Waals surface area contributed by atoms with Crippen LogP contribution in [0.1, 0.15) is 58.3 Å². The summed E-state index contributed by atoms with van der Waals surface area (Å²) in [4.78, 5) is 14.6. The molecule has 0 aromatic heterocycles. The van der Waals surface area contributed by atoms with Gasteiger partial charge in [-0.3, -0.25) is 4.79 Å². The SMILES string of the molecule is CCN(C(=O)CC1CCNCC1)C1CCCCC1. The number of hydrogen-bond acceptors (Lipinski definition) is 2. The zero-order valence-corrected chi connectivity index (χ0v) is 11.8. The Labute approximate surface area is 111 Å². The van der Waals surface area contributed by atoms with Crippen LogP contribution in [0.15, 0.2) is 0 Å². The lowest BCUT2D eigenvalue weighted by Crippen LogP contribution is -2.42. The van der Waals surface area contributed by atoms with Crippen molar-refractivity contribution in [2.24, 2.45) is 5.92 Å². The van der Waals surface area contributed by atoms with Gasteiger partial charge < -0.3 is 10.2 Å². The van der Waals surface area contributed by atoms with Gasteiger partial charge in [-0.25, -0.2) is 0 Å². The molecule has 18 heavy (non-hydrogen) atoms. The fourth-order valence-corrected chi connectivity index (χ4v) is 3.48. The molecule has 1 amide bonds. The van der Waals surface area contributed by atoms with Gasteiger partial charge in [0.25, 0.3) is 0 Å². The number of carbonyl (C=O) groups is 1. The standard InChI is InChI=1S/C15H28N2O/c1-2-17(14-6-4-3-5-7-14)15(18)12-13-8-10-16-11-9-13/h13-14,16H,2-12H2,1H3. The van der Waals surface area contributed by atoms with Crippen molar-refractivity contribution < 1.29 is 4.79 Å². The van der Waals surface area contributed by atoms with Crippen molar-refractivity contribution in [2.75, 3.05) is 19.6 Å². The lowest BCUT2D eigenvalue weighted by atomic mass is 9.91.